The minimum Gasteiger partial charge on any atom is -0.383 e. The highest BCUT2D eigenvalue weighted by atomic mass is 79.9. The van der Waals surface area contributed by atoms with Crippen LogP contribution in [0.2, 0.25) is 0 Å². The first kappa shape index (κ1) is 11.3. The van der Waals surface area contributed by atoms with E-state index in [0.29, 0.717) is 0 Å². The van der Waals surface area contributed by atoms with E-state index in [-0.39, 0.29) is 0 Å². The highest BCUT2D eigenvalue weighted by molar-refractivity contribution is 9.10. The van der Waals surface area contributed by atoms with Crippen LogP contribution in [0.4, 0.5) is 0 Å². The van der Waals surface area contributed by atoms with Gasteiger partial charge in [0.25, 0.3) is 0 Å². The lowest BCUT2D eigenvalue weighted by molar-refractivity contribution is 0.224. The van der Waals surface area contributed by atoms with Crippen molar-refractivity contribution in [1.29, 1.82) is 0 Å². The van der Waals surface area contributed by atoms with E-state index in [2.05, 4.69) is 15.9 Å². The summed E-state index contributed by atoms with van der Waals surface area (Å²) < 4.78 is 1.08. The van der Waals surface area contributed by atoms with E-state index in [1.165, 1.54) is 9.75 Å². The van der Waals surface area contributed by atoms with Gasteiger partial charge >= 0.3 is 0 Å². The summed E-state index contributed by atoms with van der Waals surface area (Å²) in [4.78, 5) is 3.39. The zero-order valence-corrected chi connectivity index (χ0v) is 11.7. The second-order valence-electron chi connectivity index (χ2n) is 3.39. The molecule has 2 aromatic rings. The van der Waals surface area contributed by atoms with E-state index in [0.717, 1.165) is 14.9 Å². The molecule has 1 unspecified atom stereocenters. The van der Waals surface area contributed by atoms with Gasteiger partial charge in [-0.3, -0.25) is 0 Å². The Morgan fingerprint density at radius 3 is 2.53 bits per heavy atom. The topological polar surface area (TPSA) is 20.2 Å². The molecule has 0 fully saturated rings. The quantitative estimate of drug-likeness (QED) is 0.878. The lowest BCUT2D eigenvalue weighted by Gasteiger charge is -2.07. The molecule has 15 heavy (non-hydrogen) atoms. The third-order valence-electron chi connectivity index (χ3n) is 2.34. The van der Waals surface area contributed by atoms with Crippen LogP contribution in [-0.4, -0.2) is 5.11 Å². The summed E-state index contributed by atoms with van der Waals surface area (Å²) in [5.74, 6) is 0. The molecule has 0 aliphatic heterocycles. The molecular weight excluding hydrogens is 292 g/mol. The van der Waals surface area contributed by atoms with Crippen LogP contribution >= 0.6 is 38.6 Å². The molecule has 0 amide bonds. The van der Waals surface area contributed by atoms with Crippen LogP contribution in [0, 0.1) is 13.8 Å². The lowest BCUT2D eigenvalue weighted by atomic mass is 10.1. The zero-order valence-electron chi connectivity index (χ0n) is 8.45. The van der Waals surface area contributed by atoms with E-state index >= 15 is 0 Å². The Morgan fingerprint density at radius 1 is 1.33 bits per heavy atom. The average molecular weight is 303 g/mol. The van der Waals surface area contributed by atoms with Gasteiger partial charge < -0.3 is 5.11 Å². The van der Waals surface area contributed by atoms with Crippen LogP contribution in [0.3, 0.4) is 0 Å². The maximum atomic E-state index is 10.2. The van der Waals surface area contributed by atoms with Crippen molar-refractivity contribution in [2.24, 2.45) is 0 Å². The Labute approximate surface area is 106 Å². The van der Waals surface area contributed by atoms with Gasteiger partial charge in [-0.25, -0.2) is 0 Å². The van der Waals surface area contributed by atoms with E-state index < -0.39 is 6.10 Å². The number of hydrogen-bond acceptors (Lipinski definition) is 3. The van der Waals surface area contributed by atoms with Crippen LogP contribution in [-0.2, 0) is 0 Å². The molecule has 0 saturated heterocycles. The van der Waals surface area contributed by atoms with Crippen molar-refractivity contribution in [2.45, 2.75) is 20.0 Å². The molecule has 80 valence electrons. The second kappa shape index (κ2) is 4.37. The van der Waals surface area contributed by atoms with Gasteiger partial charge in [0.05, 0.1) is 0 Å². The molecule has 0 aromatic carbocycles. The summed E-state index contributed by atoms with van der Waals surface area (Å²) >= 11 is 6.78. The molecule has 2 rings (SSSR count). The van der Waals surface area contributed by atoms with Crippen molar-refractivity contribution in [3.63, 3.8) is 0 Å². The Hall–Kier alpha value is -0.160. The van der Waals surface area contributed by atoms with Crippen LogP contribution in [0.5, 0.6) is 0 Å². The first-order chi connectivity index (χ1) is 7.09. The molecule has 0 aliphatic carbocycles. The van der Waals surface area contributed by atoms with Crippen molar-refractivity contribution >= 4 is 38.6 Å². The van der Waals surface area contributed by atoms with Crippen LogP contribution in [0.1, 0.15) is 26.3 Å². The predicted molar refractivity (Wildman–Crippen MR) is 69.9 cm³/mol. The molecule has 0 bridgehead atoms. The van der Waals surface area contributed by atoms with E-state index in [1.54, 1.807) is 22.7 Å². The Bertz CT molecular complexity index is 453. The van der Waals surface area contributed by atoms with Crippen LogP contribution in [0.25, 0.3) is 0 Å². The number of aliphatic hydroxyl groups excluding tert-OH is 1. The molecule has 1 atom stereocenters. The predicted octanol–water partition coefficient (Wildman–Crippen LogP) is 4.27. The fourth-order valence-corrected chi connectivity index (χ4v) is 3.75. The zero-order chi connectivity index (χ0) is 11.0. The Morgan fingerprint density at radius 2 is 2.07 bits per heavy atom. The van der Waals surface area contributed by atoms with Gasteiger partial charge in [0.1, 0.15) is 6.10 Å². The van der Waals surface area contributed by atoms with Crippen molar-refractivity contribution in [3.8, 4) is 0 Å². The normalized spacial score (nSPS) is 13.1. The van der Waals surface area contributed by atoms with Gasteiger partial charge in [-0.15, -0.1) is 22.7 Å². The standard InChI is InChI=1S/C11H11BrOS2/c1-6-8(3-4-14-6)11(13)10-5-9(12)7(2)15-10/h3-5,11,13H,1-2H3. The highest BCUT2D eigenvalue weighted by Gasteiger charge is 2.16. The summed E-state index contributed by atoms with van der Waals surface area (Å²) in [7, 11) is 0. The molecule has 2 heterocycles. The first-order valence-electron chi connectivity index (χ1n) is 4.57. The monoisotopic (exact) mass is 302 g/mol. The number of thiophene rings is 2. The van der Waals surface area contributed by atoms with Crippen molar-refractivity contribution < 1.29 is 5.11 Å². The Balaban J connectivity index is 2.36. The van der Waals surface area contributed by atoms with Gasteiger partial charge in [-0.05, 0) is 52.9 Å². The number of halogens is 1. The fraction of sp³-hybridized carbons (Fsp3) is 0.273. The van der Waals surface area contributed by atoms with Crippen molar-refractivity contribution in [2.75, 3.05) is 0 Å². The molecule has 4 heteroatoms. The maximum Gasteiger partial charge on any atom is 0.114 e. The smallest absolute Gasteiger partial charge is 0.114 e. The minimum absolute atomic E-state index is 0.480. The summed E-state index contributed by atoms with van der Waals surface area (Å²) in [5.41, 5.74) is 1.02. The SMILES string of the molecule is Cc1sc(C(O)c2ccsc2C)cc1Br. The minimum atomic E-state index is -0.480. The molecule has 0 aliphatic rings. The van der Waals surface area contributed by atoms with Gasteiger partial charge in [0.2, 0.25) is 0 Å². The third kappa shape index (κ3) is 2.18. The van der Waals surface area contributed by atoms with Crippen molar-refractivity contribution in [1.82, 2.24) is 0 Å². The van der Waals surface area contributed by atoms with Gasteiger partial charge in [0.15, 0.2) is 0 Å². The summed E-state index contributed by atoms with van der Waals surface area (Å²) in [6, 6.07) is 4.00. The molecule has 1 nitrogen and oxygen atoms in total. The van der Waals surface area contributed by atoms with Crippen LogP contribution < -0.4 is 0 Å². The molecule has 2 aromatic heterocycles. The summed E-state index contributed by atoms with van der Waals surface area (Å²) in [5, 5.41) is 12.2. The maximum absolute atomic E-state index is 10.2. The number of aryl methyl sites for hydroxylation is 2. The molecule has 0 spiro atoms. The lowest BCUT2D eigenvalue weighted by Crippen LogP contribution is -1.96. The second-order valence-corrected chi connectivity index (χ2v) is 6.65. The van der Waals surface area contributed by atoms with Gasteiger partial charge in [0, 0.05) is 19.1 Å². The fourth-order valence-electron chi connectivity index (χ4n) is 1.45. The van der Waals surface area contributed by atoms with E-state index in [1.807, 2.05) is 31.4 Å². The van der Waals surface area contributed by atoms with Crippen molar-refractivity contribution in [3.05, 3.63) is 42.2 Å². The average Bonchev–Trinajstić information content (AvgIpc) is 2.74. The number of rotatable bonds is 2. The van der Waals surface area contributed by atoms with E-state index in [4.69, 9.17) is 0 Å². The Kier molecular flexibility index (Phi) is 3.30. The third-order valence-corrected chi connectivity index (χ3v) is 5.39. The summed E-state index contributed by atoms with van der Waals surface area (Å²) in [6.45, 7) is 4.09. The molecule has 0 saturated carbocycles. The van der Waals surface area contributed by atoms with Gasteiger partial charge in [-0.2, -0.15) is 0 Å². The largest absolute Gasteiger partial charge is 0.383 e. The number of hydrogen-bond donors (Lipinski definition) is 1. The van der Waals surface area contributed by atoms with Crippen LogP contribution in [0.15, 0.2) is 22.0 Å². The highest BCUT2D eigenvalue weighted by Crippen LogP contribution is 2.35. The first-order valence-corrected chi connectivity index (χ1v) is 7.06. The number of aliphatic hydroxyl groups is 1. The van der Waals surface area contributed by atoms with Gasteiger partial charge in [-0.1, -0.05) is 0 Å². The van der Waals surface area contributed by atoms with E-state index in [9.17, 15) is 5.11 Å². The molecule has 0 radical (unpaired) electrons. The molecular formula is C11H11BrOS2. The summed E-state index contributed by atoms with van der Waals surface area (Å²) in [6.07, 6.45) is -0.480. The molecule has 1 N–H and O–H groups in total.